The molecule has 3 aromatic rings. The summed E-state index contributed by atoms with van der Waals surface area (Å²) in [7, 11) is 0. The number of benzene rings is 2. The number of carbonyl (C=O) groups is 2. The molecular weight excluding hydrogens is 487 g/mol. The Hall–Kier alpha value is -4.28. The highest BCUT2D eigenvalue weighted by Crippen LogP contribution is 2.29. The molecule has 0 radical (unpaired) electrons. The van der Waals surface area contributed by atoms with Crippen molar-refractivity contribution in [2.24, 2.45) is 0 Å². The SMILES string of the molecule is O=C(Nc1ccc(C(F)(F)F)cc1)Nc1ccc(N2CCCN(C(=O)OCc3ccccc3)CC2)nc1. The van der Waals surface area contributed by atoms with Crippen LogP contribution in [0.25, 0.3) is 0 Å². The Morgan fingerprint density at radius 3 is 2.24 bits per heavy atom. The molecule has 1 saturated heterocycles. The van der Waals surface area contributed by atoms with Crippen molar-refractivity contribution in [3.63, 3.8) is 0 Å². The number of anilines is 3. The van der Waals surface area contributed by atoms with Crippen LogP contribution in [-0.4, -0.2) is 48.2 Å². The van der Waals surface area contributed by atoms with Gasteiger partial charge in [0.25, 0.3) is 0 Å². The van der Waals surface area contributed by atoms with Crippen molar-refractivity contribution in [3.8, 4) is 0 Å². The van der Waals surface area contributed by atoms with E-state index in [1.54, 1.807) is 17.0 Å². The summed E-state index contributed by atoms with van der Waals surface area (Å²) in [6, 6.07) is 16.5. The average Bonchev–Trinajstić information content (AvgIpc) is 3.15. The maximum absolute atomic E-state index is 12.7. The third-order valence-corrected chi connectivity index (χ3v) is 5.76. The summed E-state index contributed by atoms with van der Waals surface area (Å²) < 4.78 is 43.4. The van der Waals surface area contributed by atoms with Crippen molar-refractivity contribution in [3.05, 3.63) is 84.1 Å². The zero-order valence-electron chi connectivity index (χ0n) is 19.9. The van der Waals surface area contributed by atoms with E-state index in [2.05, 4.69) is 20.5 Å². The molecule has 2 N–H and O–H groups in total. The van der Waals surface area contributed by atoms with Crippen LogP contribution in [-0.2, 0) is 17.5 Å². The minimum Gasteiger partial charge on any atom is -0.445 e. The lowest BCUT2D eigenvalue weighted by Gasteiger charge is -2.22. The van der Waals surface area contributed by atoms with Crippen LogP contribution in [0.2, 0.25) is 0 Å². The number of hydrogen-bond acceptors (Lipinski definition) is 5. The van der Waals surface area contributed by atoms with Gasteiger partial charge in [-0.25, -0.2) is 14.6 Å². The van der Waals surface area contributed by atoms with Gasteiger partial charge in [0.1, 0.15) is 12.4 Å². The molecule has 0 spiro atoms. The molecule has 194 valence electrons. The lowest BCUT2D eigenvalue weighted by Crippen LogP contribution is -2.35. The maximum Gasteiger partial charge on any atom is 0.416 e. The number of amides is 3. The second-order valence-electron chi connectivity index (χ2n) is 8.43. The van der Waals surface area contributed by atoms with E-state index in [0.29, 0.717) is 37.7 Å². The van der Waals surface area contributed by atoms with Crippen molar-refractivity contribution in [2.45, 2.75) is 19.2 Å². The monoisotopic (exact) mass is 513 g/mol. The molecule has 8 nitrogen and oxygen atoms in total. The Balaban J connectivity index is 1.25. The Bertz CT molecular complexity index is 1190. The zero-order chi connectivity index (χ0) is 26.3. The first-order chi connectivity index (χ1) is 17.8. The van der Waals surface area contributed by atoms with E-state index in [4.69, 9.17) is 4.74 Å². The van der Waals surface area contributed by atoms with Gasteiger partial charge in [-0.1, -0.05) is 30.3 Å². The van der Waals surface area contributed by atoms with E-state index in [1.807, 2.05) is 30.3 Å². The van der Waals surface area contributed by atoms with Gasteiger partial charge in [-0.3, -0.25) is 0 Å². The van der Waals surface area contributed by atoms with Gasteiger partial charge in [-0.15, -0.1) is 0 Å². The highest BCUT2D eigenvalue weighted by Gasteiger charge is 2.30. The molecule has 0 bridgehead atoms. The summed E-state index contributed by atoms with van der Waals surface area (Å²) in [6.45, 7) is 2.58. The lowest BCUT2D eigenvalue weighted by molar-refractivity contribution is -0.137. The molecule has 4 rings (SSSR count). The van der Waals surface area contributed by atoms with Crippen molar-refractivity contribution in [1.82, 2.24) is 9.88 Å². The van der Waals surface area contributed by atoms with Crippen LogP contribution in [0, 0.1) is 0 Å². The molecule has 0 saturated carbocycles. The largest absolute Gasteiger partial charge is 0.445 e. The molecule has 1 aliphatic heterocycles. The third kappa shape index (κ3) is 7.35. The summed E-state index contributed by atoms with van der Waals surface area (Å²) in [5.74, 6) is 0.702. The van der Waals surface area contributed by atoms with E-state index in [-0.39, 0.29) is 18.4 Å². The second kappa shape index (κ2) is 11.6. The fourth-order valence-corrected chi connectivity index (χ4v) is 3.82. The van der Waals surface area contributed by atoms with Crippen LogP contribution in [0.5, 0.6) is 0 Å². The van der Waals surface area contributed by atoms with Crippen LogP contribution in [0.3, 0.4) is 0 Å². The van der Waals surface area contributed by atoms with Gasteiger partial charge in [-0.2, -0.15) is 13.2 Å². The normalized spacial score (nSPS) is 14.0. The molecule has 0 unspecified atom stereocenters. The van der Waals surface area contributed by atoms with Crippen LogP contribution in [0.15, 0.2) is 72.9 Å². The quantitative estimate of drug-likeness (QED) is 0.464. The van der Waals surface area contributed by atoms with Crippen LogP contribution in [0.1, 0.15) is 17.5 Å². The fourth-order valence-electron chi connectivity index (χ4n) is 3.82. The molecule has 3 amide bonds. The summed E-state index contributed by atoms with van der Waals surface area (Å²) in [4.78, 5) is 32.8. The number of alkyl halides is 3. The highest BCUT2D eigenvalue weighted by molar-refractivity contribution is 5.99. The Kier molecular flexibility index (Phi) is 8.11. The van der Waals surface area contributed by atoms with E-state index < -0.39 is 17.8 Å². The standard InChI is InChI=1S/C26H26F3N5O3/c27-26(28,29)20-7-9-21(10-8-20)31-24(35)32-22-11-12-23(30-17-22)33-13-4-14-34(16-15-33)25(36)37-18-19-5-2-1-3-6-19/h1-3,5-12,17H,4,13-16,18H2,(H2,31,32,35). The highest BCUT2D eigenvalue weighted by atomic mass is 19.4. The average molecular weight is 514 g/mol. The predicted molar refractivity (Wildman–Crippen MR) is 133 cm³/mol. The van der Waals surface area contributed by atoms with Crippen molar-refractivity contribution in [1.29, 1.82) is 0 Å². The predicted octanol–water partition coefficient (Wildman–Crippen LogP) is 5.59. The number of carbonyl (C=O) groups excluding carboxylic acids is 2. The number of nitrogens with zero attached hydrogens (tertiary/aromatic N) is 3. The third-order valence-electron chi connectivity index (χ3n) is 5.76. The number of halogens is 3. The Morgan fingerprint density at radius 2 is 1.57 bits per heavy atom. The Morgan fingerprint density at radius 1 is 0.865 bits per heavy atom. The molecule has 1 fully saturated rings. The van der Waals surface area contributed by atoms with E-state index in [1.165, 1.54) is 18.3 Å². The lowest BCUT2D eigenvalue weighted by atomic mass is 10.2. The summed E-state index contributed by atoms with van der Waals surface area (Å²) in [5.41, 5.74) is 0.790. The fraction of sp³-hybridized carbons (Fsp3) is 0.269. The molecule has 0 aliphatic carbocycles. The first kappa shape index (κ1) is 25.8. The minimum absolute atomic E-state index is 0.225. The number of urea groups is 1. The summed E-state index contributed by atoms with van der Waals surface area (Å²) >= 11 is 0. The molecule has 2 aromatic carbocycles. The molecular formula is C26H26F3N5O3. The van der Waals surface area contributed by atoms with E-state index >= 15 is 0 Å². The molecule has 1 aliphatic rings. The van der Waals surface area contributed by atoms with E-state index in [9.17, 15) is 22.8 Å². The van der Waals surface area contributed by atoms with E-state index in [0.717, 1.165) is 24.1 Å². The number of ether oxygens (including phenoxy) is 1. The molecule has 37 heavy (non-hydrogen) atoms. The van der Waals surface area contributed by atoms with Crippen molar-refractivity contribution < 1.29 is 27.5 Å². The topological polar surface area (TPSA) is 86.8 Å². The van der Waals surface area contributed by atoms with Gasteiger partial charge in [0.2, 0.25) is 0 Å². The van der Waals surface area contributed by atoms with Crippen molar-refractivity contribution in [2.75, 3.05) is 41.7 Å². The summed E-state index contributed by atoms with van der Waals surface area (Å²) in [5, 5.41) is 5.09. The van der Waals surface area contributed by atoms with Gasteiger partial charge < -0.3 is 25.2 Å². The van der Waals surface area contributed by atoms with Crippen molar-refractivity contribution >= 4 is 29.3 Å². The number of rotatable bonds is 5. The number of aromatic nitrogens is 1. The van der Waals surface area contributed by atoms with Crippen LogP contribution >= 0.6 is 0 Å². The second-order valence-corrected chi connectivity index (χ2v) is 8.43. The number of nitrogens with one attached hydrogen (secondary N) is 2. The van der Waals surface area contributed by atoms with Gasteiger partial charge in [0, 0.05) is 31.9 Å². The van der Waals surface area contributed by atoms with Crippen LogP contribution < -0.4 is 15.5 Å². The first-order valence-corrected chi connectivity index (χ1v) is 11.7. The number of hydrogen-bond donors (Lipinski definition) is 2. The zero-order valence-corrected chi connectivity index (χ0v) is 19.9. The van der Waals surface area contributed by atoms with Gasteiger partial charge in [0.05, 0.1) is 17.4 Å². The molecule has 1 aromatic heterocycles. The summed E-state index contributed by atoms with van der Waals surface area (Å²) in [6.07, 6.45) is -2.54. The molecule has 2 heterocycles. The van der Waals surface area contributed by atoms with Gasteiger partial charge >= 0.3 is 18.3 Å². The number of pyridine rings is 1. The molecule has 11 heteroatoms. The van der Waals surface area contributed by atoms with Crippen LogP contribution in [0.4, 0.5) is 40.0 Å². The first-order valence-electron chi connectivity index (χ1n) is 11.7. The maximum atomic E-state index is 12.7. The van der Waals surface area contributed by atoms with Gasteiger partial charge in [-0.05, 0) is 48.4 Å². The molecule has 0 atom stereocenters. The minimum atomic E-state index is -4.44. The Labute approximate surface area is 212 Å². The smallest absolute Gasteiger partial charge is 0.416 e. The van der Waals surface area contributed by atoms with Gasteiger partial charge in [0.15, 0.2) is 0 Å².